The van der Waals surface area contributed by atoms with Crippen molar-refractivity contribution < 1.29 is 4.74 Å². The number of methoxy groups -OCH3 is 1. The Morgan fingerprint density at radius 2 is 2.20 bits per heavy atom. The van der Waals surface area contributed by atoms with Gasteiger partial charge in [0.25, 0.3) is 0 Å². The van der Waals surface area contributed by atoms with Crippen LogP contribution < -0.4 is 10.1 Å². The van der Waals surface area contributed by atoms with E-state index in [4.69, 9.17) is 4.74 Å². The second kappa shape index (κ2) is 8.28. The van der Waals surface area contributed by atoms with Crippen LogP contribution >= 0.6 is 0 Å². The van der Waals surface area contributed by atoms with Gasteiger partial charge in [0.15, 0.2) is 0 Å². The predicted octanol–water partition coefficient (Wildman–Crippen LogP) is 2.70. The van der Waals surface area contributed by atoms with E-state index in [2.05, 4.69) is 35.3 Å². The minimum atomic E-state index is 0.667. The van der Waals surface area contributed by atoms with Gasteiger partial charge in [-0.05, 0) is 44.0 Å². The van der Waals surface area contributed by atoms with Gasteiger partial charge >= 0.3 is 0 Å². The molecule has 1 heterocycles. The molecule has 3 nitrogen and oxygen atoms in total. The van der Waals surface area contributed by atoms with Gasteiger partial charge in [-0.3, -0.25) is 0 Å². The van der Waals surface area contributed by atoms with Crippen LogP contribution in [0, 0.1) is 0 Å². The Labute approximate surface area is 123 Å². The van der Waals surface area contributed by atoms with Gasteiger partial charge in [-0.25, -0.2) is 0 Å². The first-order valence-electron chi connectivity index (χ1n) is 7.91. The molecule has 1 saturated heterocycles. The SMILES string of the molecule is CCCC1CN(CCc2ccccc2OC)CCCN1. The van der Waals surface area contributed by atoms with Crippen molar-refractivity contribution in [2.24, 2.45) is 0 Å². The molecule has 2 rings (SSSR count). The van der Waals surface area contributed by atoms with Gasteiger partial charge in [0, 0.05) is 19.1 Å². The highest BCUT2D eigenvalue weighted by Gasteiger charge is 2.16. The first kappa shape index (κ1) is 15.3. The zero-order valence-corrected chi connectivity index (χ0v) is 12.9. The average Bonchev–Trinajstić information content (AvgIpc) is 2.71. The van der Waals surface area contributed by atoms with Crippen molar-refractivity contribution in [2.75, 3.05) is 33.3 Å². The Morgan fingerprint density at radius 3 is 3.00 bits per heavy atom. The molecule has 1 N–H and O–H groups in total. The van der Waals surface area contributed by atoms with Crippen LogP contribution in [0.5, 0.6) is 5.75 Å². The summed E-state index contributed by atoms with van der Waals surface area (Å²) < 4.78 is 5.44. The first-order valence-corrected chi connectivity index (χ1v) is 7.91. The number of ether oxygens (including phenoxy) is 1. The molecular weight excluding hydrogens is 248 g/mol. The number of para-hydroxylation sites is 1. The summed E-state index contributed by atoms with van der Waals surface area (Å²) in [5.74, 6) is 1.02. The quantitative estimate of drug-likeness (QED) is 0.864. The van der Waals surface area contributed by atoms with Crippen molar-refractivity contribution in [3.8, 4) is 5.75 Å². The summed E-state index contributed by atoms with van der Waals surface area (Å²) in [6.07, 6.45) is 4.87. The summed E-state index contributed by atoms with van der Waals surface area (Å²) >= 11 is 0. The van der Waals surface area contributed by atoms with Crippen LogP contribution in [-0.2, 0) is 6.42 Å². The normalized spacial score (nSPS) is 20.6. The summed E-state index contributed by atoms with van der Waals surface area (Å²) in [5, 5.41) is 3.67. The molecule has 0 spiro atoms. The van der Waals surface area contributed by atoms with Gasteiger partial charge in [-0.1, -0.05) is 31.5 Å². The lowest BCUT2D eigenvalue weighted by Gasteiger charge is -2.24. The van der Waals surface area contributed by atoms with E-state index in [0.29, 0.717) is 6.04 Å². The second-order valence-corrected chi connectivity index (χ2v) is 5.66. The molecule has 1 aromatic carbocycles. The molecule has 0 radical (unpaired) electrons. The second-order valence-electron chi connectivity index (χ2n) is 5.66. The van der Waals surface area contributed by atoms with E-state index in [1.807, 2.05) is 6.07 Å². The Hall–Kier alpha value is -1.06. The Bertz CT molecular complexity index is 394. The standard InChI is InChI=1S/C17H28N2O/c1-3-7-16-14-19(12-6-11-18-16)13-10-15-8-4-5-9-17(15)20-2/h4-5,8-9,16,18H,3,6-7,10-14H2,1-2H3. The lowest BCUT2D eigenvalue weighted by molar-refractivity contribution is 0.264. The average molecular weight is 276 g/mol. The molecular formula is C17H28N2O. The topological polar surface area (TPSA) is 24.5 Å². The summed E-state index contributed by atoms with van der Waals surface area (Å²) in [7, 11) is 1.76. The monoisotopic (exact) mass is 276 g/mol. The Balaban J connectivity index is 1.88. The molecule has 1 fully saturated rings. The third kappa shape index (κ3) is 4.50. The number of benzene rings is 1. The summed E-state index contributed by atoms with van der Waals surface area (Å²) in [4.78, 5) is 2.60. The molecule has 20 heavy (non-hydrogen) atoms. The van der Waals surface area contributed by atoms with Crippen LogP contribution in [0.4, 0.5) is 0 Å². The van der Waals surface area contributed by atoms with Crippen molar-refractivity contribution in [3.63, 3.8) is 0 Å². The third-order valence-electron chi connectivity index (χ3n) is 4.09. The highest BCUT2D eigenvalue weighted by Crippen LogP contribution is 2.18. The fraction of sp³-hybridized carbons (Fsp3) is 0.647. The molecule has 1 aromatic rings. The molecule has 1 aliphatic rings. The highest BCUT2D eigenvalue weighted by atomic mass is 16.5. The maximum Gasteiger partial charge on any atom is 0.122 e. The van der Waals surface area contributed by atoms with Crippen LogP contribution in [0.1, 0.15) is 31.7 Å². The molecule has 0 saturated carbocycles. The van der Waals surface area contributed by atoms with E-state index in [-0.39, 0.29) is 0 Å². The number of rotatable bonds is 6. The molecule has 0 amide bonds. The highest BCUT2D eigenvalue weighted by molar-refractivity contribution is 5.33. The molecule has 1 aliphatic heterocycles. The van der Waals surface area contributed by atoms with Crippen molar-refractivity contribution in [3.05, 3.63) is 29.8 Å². The van der Waals surface area contributed by atoms with Gasteiger partial charge in [0.05, 0.1) is 7.11 Å². The number of hydrogen-bond donors (Lipinski definition) is 1. The minimum absolute atomic E-state index is 0.667. The molecule has 0 aliphatic carbocycles. The van der Waals surface area contributed by atoms with E-state index < -0.39 is 0 Å². The van der Waals surface area contributed by atoms with Crippen molar-refractivity contribution in [1.29, 1.82) is 0 Å². The summed E-state index contributed by atoms with van der Waals surface area (Å²) in [6.45, 7) is 6.95. The van der Waals surface area contributed by atoms with E-state index in [0.717, 1.165) is 25.3 Å². The molecule has 3 heteroatoms. The van der Waals surface area contributed by atoms with E-state index in [1.54, 1.807) is 7.11 Å². The lowest BCUT2D eigenvalue weighted by atomic mass is 10.1. The largest absolute Gasteiger partial charge is 0.496 e. The molecule has 0 aromatic heterocycles. The van der Waals surface area contributed by atoms with Crippen LogP contribution in [0.2, 0.25) is 0 Å². The summed E-state index contributed by atoms with van der Waals surface area (Å²) in [5.41, 5.74) is 1.32. The maximum atomic E-state index is 5.44. The zero-order chi connectivity index (χ0) is 14.2. The van der Waals surface area contributed by atoms with Gasteiger partial charge in [-0.2, -0.15) is 0 Å². The van der Waals surface area contributed by atoms with E-state index in [1.165, 1.54) is 37.9 Å². The predicted molar refractivity (Wildman–Crippen MR) is 84.5 cm³/mol. The lowest BCUT2D eigenvalue weighted by Crippen LogP contribution is -2.38. The van der Waals surface area contributed by atoms with E-state index >= 15 is 0 Å². The fourth-order valence-corrected chi connectivity index (χ4v) is 3.01. The third-order valence-corrected chi connectivity index (χ3v) is 4.09. The minimum Gasteiger partial charge on any atom is -0.496 e. The fourth-order valence-electron chi connectivity index (χ4n) is 3.01. The van der Waals surface area contributed by atoms with Gasteiger partial charge in [0.1, 0.15) is 5.75 Å². The maximum absolute atomic E-state index is 5.44. The van der Waals surface area contributed by atoms with Crippen LogP contribution in [0.15, 0.2) is 24.3 Å². The van der Waals surface area contributed by atoms with Crippen LogP contribution in [0.25, 0.3) is 0 Å². The molecule has 0 bridgehead atoms. The van der Waals surface area contributed by atoms with Gasteiger partial charge in [-0.15, -0.1) is 0 Å². The van der Waals surface area contributed by atoms with Crippen molar-refractivity contribution in [2.45, 2.75) is 38.6 Å². The number of hydrogen-bond acceptors (Lipinski definition) is 3. The molecule has 112 valence electrons. The van der Waals surface area contributed by atoms with E-state index in [9.17, 15) is 0 Å². The smallest absolute Gasteiger partial charge is 0.122 e. The number of nitrogens with zero attached hydrogens (tertiary/aromatic N) is 1. The van der Waals surface area contributed by atoms with Gasteiger partial charge < -0.3 is 15.0 Å². The van der Waals surface area contributed by atoms with Crippen molar-refractivity contribution in [1.82, 2.24) is 10.2 Å². The zero-order valence-electron chi connectivity index (χ0n) is 12.9. The Kier molecular flexibility index (Phi) is 6.34. The molecule has 1 unspecified atom stereocenters. The van der Waals surface area contributed by atoms with Crippen LogP contribution in [0.3, 0.4) is 0 Å². The molecule has 1 atom stereocenters. The Morgan fingerprint density at radius 1 is 1.35 bits per heavy atom. The van der Waals surface area contributed by atoms with Crippen molar-refractivity contribution >= 4 is 0 Å². The van der Waals surface area contributed by atoms with Gasteiger partial charge in [0.2, 0.25) is 0 Å². The summed E-state index contributed by atoms with van der Waals surface area (Å²) in [6, 6.07) is 9.04. The number of nitrogens with one attached hydrogen (secondary N) is 1. The van der Waals surface area contributed by atoms with Crippen LogP contribution in [-0.4, -0.2) is 44.2 Å². The first-order chi connectivity index (χ1) is 9.83.